The van der Waals surface area contributed by atoms with Crippen molar-refractivity contribution in [2.24, 2.45) is 0 Å². The summed E-state index contributed by atoms with van der Waals surface area (Å²) in [5.74, 6) is -0.473. The number of aromatic nitrogens is 1. The van der Waals surface area contributed by atoms with Gasteiger partial charge in [0.05, 0.1) is 23.1 Å². The van der Waals surface area contributed by atoms with Gasteiger partial charge in [0, 0.05) is 11.6 Å². The molecule has 1 heterocycles. The van der Waals surface area contributed by atoms with Gasteiger partial charge in [-0.05, 0) is 0 Å². The van der Waals surface area contributed by atoms with Crippen molar-refractivity contribution < 1.29 is 13.7 Å². The van der Waals surface area contributed by atoms with E-state index in [1.807, 2.05) is 0 Å². The zero-order chi connectivity index (χ0) is 12.3. The van der Waals surface area contributed by atoms with E-state index in [0.29, 0.717) is 6.07 Å². The lowest BCUT2D eigenvalue weighted by atomic mass is 10.1. The molecule has 0 unspecified atom stereocenters. The quantitative estimate of drug-likeness (QED) is 0.624. The Morgan fingerprint density at radius 1 is 1.69 bits per heavy atom. The normalized spacial score (nSPS) is 10.1. The van der Waals surface area contributed by atoms with E-state index < -0.39 is 28.4 Å². The van der Waals surface area contributed by atoms with Crippen LogP contribution >= 0.6 is 0 Å². The van der Waals surface area contributed by atoms with Gasteiger partial charge in [-0.3, -0.25) is 10.1 Å². The molecule has 0 saturated heterocycles. The van der Waals surface area contributed by atoms with Crippen LogP contribution in [-0.2, 0) is 6.42 Å². The van der Waals surface area contributed by atoms with Crippen LogP contribution in [0.1, 0.15) is 17.7 Å². The first-order chi connectivity index (χ1) is 7.47. The smallest absolute Gasteiger partial charge is 0.311 e. The Morgan fingerprint density at radius 2 is 2.31 bits per heavy atom. The molecule has 0 bridgehead atoms. The molecular weight excluding hydrogens is 222 g/mol. The van der Waals surface area contributed by atoms with Gasteiger partial charge < -0.3 is 5.73 Å². The zero-order valence-corrected chi connectivity index (χ0v) is 7.85. The highest BCUT2D eigenvalue weighted by Gasteiger charge is 2.22. The Hall–Kier alpha value is -2.30. The highest BCUT2D eigenvalue weighted by atomic mass is 19.3. The number of pyridine rings is 1. The van der Waals surface area contributed by atoms with E-state index in [0.717, 1.165) is 0 Å². The minimum atomic E-state index is -2.94. The third kappa shape index (κ3) is 2.20. The molecule has 0 radical (unpaired) electrons. The second kappa shape index (κ2) is 4.48. The molecule has 0 aliphatic heterocycles. The predicted molar refractivity (Wildman–Crippen MR) is 49.6 cm³/mol. The molecule has 1 rings (SSSR count). The summed E-state index contributed by atoms with van der Waals surface area (Å²) in [6, 6.07) is 2.29. The fourth-order valence-electron chi connectivity index (χ4n) is 1.12. The maximum absolute atomic E-state index is 12.5. The molecule has 0 aromatic carbocycles. The van der Waals surface area contributed by atoms with Crippen molar-refractivity contribution >= 4 is 11.5 Å². The number of hydrogen-bond acceptors (Lipinski definition) is 5. The second-order valence-corrected chi connectivity index (χ2v) is 2.82. The summed E-state index contributed by atoms with van der Waals surface area (Å²) in [5, 5.41) is 18.8. The van der Waals surface area contributed by atoms with Crippen LogP contribution in [0.4, 0.5) is 20.3 Å². The highest BCUT2D eigenvalue weighted by molar-refractivity contribution is 5.55. The first-order valence-corrected chi connectivity index (χ1v) is 4.06. The van der Waals surface area contributed by atoms with Crippen LogP contribution in [0.5, 0.6) is 0 Å². The van der Waals surface area contributed by atoms with Crippen LogP contribution in [0.2, 0.25) is 0 Å². The molecule has 0 saturated carbocycles. The molecule has 84 valence electrons. The van der Waals surface area contributed by atoms with Crippen LogP contribution < -0.4 is 5.73 Å². The summed E-state index contributed by atoms with van der Waals surface area (Å²) in [6.45, 7) is 0. The van der Waals surface area contributed by atoms with Crippen molar-refractivity contribution in [1.82, 2.24) is 4.98 Å². The summed E-state index contributed by atoms with van der Waals surface area (Å²) in [6.07, 6.45) is -3.31. The fourth-order valence-corrected chi connectivity index (χ4v) is 1.12. The van der Waals surface area contributed by atoms with Crippen molar-refractivity contribution in [3.63, 3.8) is 0 Å². The zero-order valence-electron chi connectivity index (χ0n) is 7.85. The van der Waals surface area contributed by atoms with E-state index >= 15 is 0 Å². The number of nitro groups is 1. The summed E-state index contributed by atoms with van der Waals surface area (Å²) < 4.78 is 25.0. The third-order valence-electron chi connectivity index (χ3n) is 1.82. The predicted octanol–water partition coefficient (Wildman–Crippen LogP) is 1.58. The lowest BCUT2D eigenvalue weighted by Crippen LogP contribution is -2.05. The first kappa shape index (κ1) is 11.8. The molecule has 0 aliphatic carbocycles. The van der Waals surface area contributed by atoms with Gasteiger partial charge in [-0.15, -0.1) is 0 Å². The van der Waals surface area contributed by atoms with Gasteiger partial charge >= 0.3 is 5.69 Å². The molecule has 0 spiro atoms. The first-order valence-electron chi connectivity index (χ1n) is 4.06. The number of halogens is 2. The highest BCUT2D eigenvalue weighted by Crippen LogP contribution is 2.29. The van der Waals surface area contributed by atoms with E-state index in [9.17, 15) is 18.9 Å². The average Bonchev–Trinajstić information content (AvgIpc) is 2.17. The number of anilines is 1. The number of alkyl halides is 2. The SMILES string of the molecule is N#CCc1nc(N)c([N+](=O)[O-])cc1C(F)F. The lowest BCUT2D eigenvalue weighted by Gasteiger charge is -2.06. The van der Waals surface area contributed by atoms with Crippen LogP contribution in [0, 0.1) is 21.4 Å². The van der Waals surface area contributed by atoms with Gasteiger partial charge in [0.15, 0.2) is 0 Å². The molecular formula is C8H6F2N4O2. The number of nitrogens with two attached hydrogens (primary N) is 1. The summed E-state index contributed by atoms with van der Waals surface area (Å²) in [5.41, 5.74) is 3.66. The molecule has 8 heteroatoms. The van der Waals surface area contributed by atoms with Crippen molar-refractivity contribution in [2.75, 3.05) is 5.73 Å². The molecule has 0 atom stereocenters. The Kier molecular flexibility index (Phi) is 3.30. The fraction of sp³-hybridized carbons (Fsp3) is 0.250. The maximum Gasteiger partial charge on any atom is 0.311 e. The summed E-state index contributed by atoms with van der Waals surface area (Å²) in [4.78, 5) is 13.0. The van der Waals surface area contributed by atoms with E-state index in [2.05, 4.69) is 4.98 Å². The molecule has 6 nitrogen and oxygen atoms in total. The van der Waals surface area contributed by atoms with Crippen LogP contribution in [0.15, 0.2) is 6.07 Å². The van der Waals surface area contributed by atoms with Crippen molar-refractivity contribution in [2.45, 2.75) is 12.8 Å². The van der Waals surface area contributed by atoms with E-state index in [1.54, 1.807) is 6.07 Å². The minimum Gasteiger partial charge on any atom is -0.378 e. The minimum absolute atomic E-state index is 0.236. The van der Waals surface area contributed by atoms with Crippen molar-refractivity contribution in [3.05, 3.63) is 27.4 Å². The van der Waals surface area contributed by atoms with Gasteiger partial charge in [-0.2, -0.15) is 5.26 Å². The number of hydrogen-bond donors (Lipinski definition) is 1. The monoisotopic (exact) mass is 228 g/mol. The maximum atomic E-state index is 12.5. The molecule has 2 N–H and O–H groups in total. The molecule has 16 heavy (non-hydrogen) atoms. The third-order valence-corrected chi connectivity index (χ3v) is 1.82. The van der Waals surface area contributed by atoms with Gasteiger partial charge in [0.2, 0.25) is 5.82 Å². The number of rotatable bonds is 3. The van der Waals surface area contributed by atoms with Crippen LogP contribution in [-0.4, -0.2) is 9.91 Å². The Labute approximate surface area is 88.5 Å². The standard InChI is InChI=1S/C8H6F2N4O2/c9-7(10)4-3-6(14(15)16)8(12)13-5(4)1-2-11/h3,7H,1H2,(H2,12,13). The van der Waals surface area contributed by atoms with E-state index in [-0.39, 0.29) is 12.1 Å². The number of nitriles is 1. The number of nitrogens with zero attached hydrogens (tertiary/aromatic N) is 3. The second-order valence-electron chi connectivity index (χ2n) is 2.82. The van der Waals surface area contributed by atoms with Gasteiger partial charge in [-0.25, -0.2) is 13.8 Å². The number of nitrogen functional groups attached to an aromatic ring is 1. The Balaban J connectivity index is 3.38. The van der Waals surface area contributed by atoms with Gasteiger partial charge in [0.1, 0.15) is 0 Å². The largest absolute Gasteiger partial charge is 0.378 e. The van der Waals surface area contributed by atoms with Crippen molar-refractivity contribution in [3.8, 4) is 6.07 Å². The molecule has 0 fully saturated rings. The summed E-state index contributed by atoms with van der Waals surface area (Å²) in [7, 11) is 0. The lowest BCUT2D eigenvalue weighted by molar-refractivity contribution is -0.384. The Bertz CT molecular complexity index is 470. The van der Waals surface area contributed by atoms with Gasteiger partial charge in [-0.1, -0.05) is 0 Å². The Morgan fingerprint density at radius 3 is 2.75 bits per heavy atom. The topological polar surface area (TPSA) is 106 Å². The molecule has 1 aromatic heterocycles. The molecule has 0 amide bonds. The average molecular weight is 228 g/mol. The van der Waals surface area contributed by atoms with Crippen LogP contribution in [0.25, 0.3) is 0 Å². The van der Waals surface area contributed by atoms with E-state index in [4.69, 9.17) is 11.0 Å². The van der Waals surface area contributed by atoms with Crippen LogP contribution in [0.3, 0.4) is 0 Å². The van der Waals surface area contributed by atoms with E-state index in [1.165, 1.54) is 0 Å². The molecule has 0 aliphatic rings. The van der Waals surface area contributed by atoms with Gasteiger partial charge in [0.25, 0.3) is 6.43 Å². The van der Waals surface area contributed by atoms with Crippen molar-refractivity contribution in [1.29, 1.82) is 5.26 Å². The molecule has 1 aromatic rings. The summed E-state index contributed by atoms with van der Waals surface area (Å²) >= 11 is 0.